The first-order valence-corrected chi connectivity index (χ1v) is 12.7. The molecule has 0 aliphatic rings. The van der Waals surface area contributed by atoms with E-state index in [-0.39, 0.29) is 16.3 Å². The van der Waals surface area contributed by atoms with Gasteiger partial charge >= 0.3 is 6.03 Å². The van der Waals surface area contributed by atoms with Gasteiger partial charge in [0, 0.05) is 41.9 Å². The first kappa shape index (κ1) is 24.1. The second-order valence-electron chi connectivity index (χ2n) is 7.70. The molecular formula is C25H25N5O4S. The standard InChI is InChI=1S/C25H25N5O4S/c1-3-29-17-23(24(28-29)18-12-14-26-15-13-18)19-6-5-7-21(16-19)30(32)25(31)27-20-8-10-22(11-9-20)35(33,34)4-2/h5-17,32H,3-4H2,1-2H3,(H,27,31). The van der Waals surface area contributed by atoms with Crippen LogP contribution >= 0.6 is 0 Å². The molecule has 0 saturated carbocycles. The van der Waals surface area contributed by atoms with Crippen molar-refractivity contribution in [2.75, 3.05) is 16.1 Å². The van der Waals surface area contributed by atoms with Crippen LogP contribution in [0.15, 0.2) is 84.1 Å². The van der Waals surface area contributed by atoms with Gasteiger partial charge in [-0.1, -0.05) is 19.1 Å². The molecule has 2 heterocycles. The summed E-state index contributed by atoms with van der Waals surface area (Å²) in [4.78, 5) is 16.9. The number of aromatic nitrogens is 3. The highest BCUT2D eigenvalue weighted by molar-refractivity contribution is 7.91. The largest absolute Gasteiger partial charge is 0.350 e. The fourth-order valence-electron chi connectivity index (χ4n) is 3.53. The molecule has 4 aromatic rings. The predicted octanol–water partition coefficient (Wildman–Crippen LogP) is 4.85. The van der Waals surface area contributed by atoms with E-state index in [1.165, 1.54) is 24.3 Å². The molecular weight excluding hydrogens is 466 g/mol. The average Bonchev–Trinajstić information content (AvgIpc) is 3.34. The summed E-state index contributed by atoms with van der Waals surface area (Å²) < 4.78 is 25.8. The molecule has 2 N–H and O–H groups in total. The number of nitrogens with zero attached hydrogens (tertiary/aromatic N) is 4. The van der Waals surface area contributed by atoms with Crippen LogP contribution in [0.3, 0.4) is 0 Å². The zero-order chi connectivity index (χ0) is 25.0. The Labute approximate surface area is 203 Å². The number of aryl methyl sites for hydroxylation is 1. The highest BCUT2D eigenvalue weighted by atomic mass is 32.2. The number of hydroxylamine groups is 1. The van der Waals surface area contributed by atoms with Crippen LogP contribution in [-0.4, -0.2) is 40.2 Å². The Kier molecular flexibility index (Phi) is 6.94. The van der Waals surface area contributed by atoms with Crippen LogP contribution in [0.5, 0.6) is 0 Å². The fraction of sp³-hybridized carbons (Fsp3) is 0.160. The molecule has 10 heteroatoms. The summed E-state index contributed by atoms with van der Waals surface area (Å²) in [5.41, 5.74) is 3.90. The maximum absolute atomic E-state index is 12.7. The van der Waals surface area contributed by atoms with Crippen molar-refractivity contribution in [1.29, 1.82) is 0 Å². The first-order chi connectivity index (χ1) is 16.8. The number of sulfone groups is 1. The summed E-state index contributed by atoms with van der Waals surface area (Å²) in [5, 5.41) is 18.3. The maximum Gasteiger partial charge on any atom is 0.350 e. The average molecular weight is 492 g/mol. The van der Waals surface area contributed by atoms with E-state index in [1.54, 1.807) is 37.5 Å². The van der Waals surface area contributed by atoms with Gasteiger partial charge in [0.2, 0.25) is 0 Å². The minimum absolute atomic E-state index is 0.0144. The Hall–Kier alpha value is -4.02. The lowest BCUT2D eigenvalue weighted by Gasteiger charge is -2.17. The number of carbonyl (C=O) groups excluding carboxylic acids is 1. The van der Waals surface area contributed by atoms with Gasteiger partial charge in [0.1, 0.15) is 5.69 Å². The third-order valence-electron chi connectivity index (χ3n) is 5.48. The third-order valence-corrected chi connectivity index (χ3v) is 7.23. The Morgan fingerprint density at radius 3 is 2.40 bits per heavy atom. The number of carbonyl (C=O) groups is 1. The quantitative estimate of drug-likeness (QED) is 0.282. The maximum atomic E-state index is 12.7. The molecule has 0 bridgehead atoms. The number of amides is 2. The summed E-state index contributed by atoms with van der Waals surface area (Å²) in [7, 11) is -3.34. The molecule has 180 valence electrons. The van der Waals surface area contributed by atoms with E-state index in [4.69, 9.17) is 0 Å². The van der Waals surface area contributed by atoms with Crippen molar-refractivity contribution in [2.24, 2.45) is 0 Å². The molecule has 0 unspecified atom stereocenters. The lowest BCUT2D eigenvalue weighted by atomic mass is 10.0. The van der Waals surface area contributed by atoms with Gasteiger partial charge in [0.25, 0.3) is 0 Å². The van der Waals surface area contributed by atoms with Crippen LogP contribution in [-0.2, 0) is 16.4 Å². The predicted molar refractivity (Wildman–Crippen MR) is 134 cm³/mol. The number of pyridine rings is 1. The Morgan fingerprint density at radius 1 is 1.03 bits per heavy atom. The molecule has 0 spiro atoms. The minimum atomic E-state index is -3.34. The van der Waals surface area contributed by atoms with E-state index >= 15 is 0 Å². The molecule has 2 amide bonds. The zero-order valence-electron chi connectivity index (χ0n) is 19.3. The summed E-state index contributed by atoms with van der Waals surface area (Å²) in [5.74, 6) is -0.0144. The molecule has 0 aliphatic heterocycles. The van der Waals surface area contributed by atoms with Gasteiger partial charge in [-0.2, -0.15) is 10.2 Å². The molecule has 2 aromatic carbocycles. The summed E-state index contributed by atoms with van der Waals surface area (Å²) in [6, 6.07) is 15.7. The summed E-state index contributed by atoms with van der Waals surface area (Å²) in [6.07, 6.45) is 5.32. The number of benzene rings is 2. The number of nitrogens with one attached hydrogen (secondary N) is 1. The molecule has 2 aromatic heterocycles. The molecule has 0 saturated heterocycles. The highest BCUT2D eigenvalue weighted by Crippen LogP contribution is 2.33. The highest BCUT2D eigenvalue weighted by Gasteiger charge is 2.18. The normalized spacial score (nSPS) is 11.3. The SMILES string of the molecule is CCn1cc(-c2cccc(N(O)C(=O)Nc3ccc(S(=O)(=O)CC)cc3)c2)c(-c2ccncc2)n1. The van der Waals surface area contributed by atoms with Gasteiger partial charge in [0.05, 0.1) is 16.3 Å². The van der Waals surface area contributed by atoms with E-state index in [1.807, 2.05) is 36.0 Å². The Balaban J connectivity index is 1.58. The van der Waals surface area contributed by atoms with Crippen LogP contribution in [0.4, 0.5) is 16.2 Å². The third kappa shape index (κ3) is 5.23. The van der Waals surface area contributed by atoms with Crippen molar-refractivity contribution in [3.63, 3.8) is 0 Å². The number of hydrogen-bond donors (Lipinski definition) is 2. The fourth-order valence-corrected chi connectivity index (χ4v) is 4.41. The van der Waals surface area contributed by atoms with E-state index < -0.39 is 15.9 Å². The number of anilines is 2. The van der Waals surface area contributed by atoms with Crippen molar-refractivity contribution in [1.82, 2.24) is 14.8 Å². The van der Waals surface area contributed by atoms with Crippen LogP contribution in [0.2, 0.25) is 0 Å². The Morgan fingerprint density at radius 2 is 1.74 bits per heavy atom. The van der Waals surface area contributed by atoms with Crippen LogP contribution < -0.4 is 10.4 Å². The van der Waals surface area contributed by atoms with Gasteiger partial charge in [-0.25, -0.2) is 13.2 Å². The van der Waals surface area contributed by atoms with Crippen LogP contribution in [0.25, 0.3) is 22.4 Å². The van der Waals surface area contributed by atoms with E-state index in [0.717, 1.165) is 22.4 Å². The molecule has 9 nitrogen and oxygen atoms in total. The number of urea groups is 1. The van der Waals surface area contributed by atoms with Gasteiger partial charge < -0.3 is 5.32 Å². The van der Waals surface area contributed by atoms with E-state index in [0.29, 0.717) is 17.3 Å². The molecule has 0 radical (unpaired) electrons. The minimum Gasteiger partial charge on any atom is -0.306 e. The van der Waals surface area contributed by atoms with Crippen molar-refractivity contribution in [2.45, 2.75) is 25.3 Å². The second-order valence-corrected chi connectivity index (χ2v) is 9.98. The lowest BCUT2D eigenvalue weighted by Crippen LogP contribution is -2.31. The molecule has 35 heavy (non-hydrogen) atoms. The smallest absolute Gasteiger partial charge is 0.306 e. The molecule has 0 aliphatic carbocycles. The number of rotatable bonds is 7. The van der Waals surface area contributed by atoms with Gasteiger partial charge in [-0.05, 0) is 61.0 Å². The van der Waals surface area contributed by atoms with Gasteiger partial charge in [-0.3, -0.25) is 14.9 Å². The lowest BCUT2D eigenvalue weighted by molar-refractivity contribution is 0.216. The molecule has 0 fully saturated rings. The van der Waals surface area contributed by atoms with Crippen molar-refractivity contribution >= 4 is 27.2 Å². The zero-order valence-corrected chi connectivity index (χ0v) is 20.1. The summed E-state index contributed by atoms with van der Waals surface area (Å²) in [6.45, 7) is 4.24. The van der Waals surface area contributed by atoms with E-state index in [2.05, 4.69) is 15.4 Å². The van der Waals surface area contributed by atoms with Crippen molar-refractivity contribution in [3.8, 4) is 22.4 Å². The van der Waals surface area contributed by atoms with Crippen molar-refractivity contribution < 1.29 is 18.4 Å². The van der Waals surface area contributed by atoms with Gasteiger partial charge in [0.15, 0.2) is 9.84 Å². The Bertz CT molecular complexity index is 1430. The molecule has 0 atom stereocenters. The first-order valence-electron chi connectivity index (χ1n) is 11.0. The van der Waals surface area contributed by atoms with Crippen LogP contribution in [0.1, 0.15) is 13.8 Å². The van der Waals surface area contributed by atoms with Crippen LogP contribution in [0, 0.1) is 0 Å². The van der Waals surface area contributed by atoms with Gasteiger partial charge in [-0.15, -0.1) is 0 Å². The van der Waals surface area contributed by atoms with E-state index in [9.17, 15) is 18.4 Å². The number of hydrogen-bond acceptors (Lipinski definition) is 6. The summed E-state index contributed by atoms with van der Waals surface area (Å²) >= 11 is 0. The topological polar surface area (TPSA) is 117 Å². The van der Waals surface area contributed by atoms with Crippen molar-refractivity contribution in [3.05, 3.63) is 79.3 Å². The monoisotopic (exact) mass is 491 g/mol. The molecule has 4 rings (SSSR count). The second kappa shape index (κ2) is 10.1.